The van der Waals surface area contributed by atoms with Crippen LogP contribution < -0.4 is 5.73 Å². The Hall–Kier alpha value is -2.91. The third kappa shape index (κ3) is 3.53. The van der Waals surface area contributed by atoms with Gasteiger partial charge in [0.25, 0.3) is 0 Å². The van der Waals surface area contributed by atoms with Gasteiger partial charge in [-0.3, -0.25) is 0 Å². The second-order valence-electron chi connectivity index (χ2n) is 5.82. The summed E-state index contributed by atoms with van der Waals surface area (Å²) in [5.74, 6) is 0. The zero-order chi connectivity index (χ0) is 16.8. The zero-order valence-corrected chi connectivity index (χ0v) is 13.2. The lowest BCUT2D eigenvalue weighted by Crippen LogP contribution is -2.28. The molecular formula is C18H18N6. The predicted octanol–water partition coefficient (Wildman–Crippen LogP) is 4.58. The minimum Gasteiger partial charge on any atom is -0.324 e. The SMILES string of the molecule is N#CCCC1(CC(N)c2ccc(-c3ccccc3)cc2)N=NN=N1. The fourth-order valence-corrected chi connectivity index (χ4v) is 2.79. The Morgan fingerprint density at radius 1 is 0.958 bits per heavy atom. The maximum absolute atomic E-state index is 8.81. The van der Waals surface area contributed by atoms with Crippen molar-refractivity contribution in [3.63, 3.8) is 0 Å². The quantitative estimate of drug-likeness (QED) is 0.843. The van der Waals surface area contributed by atoms with Crippen LogP contribution in [-0.4, -0.2) is 5.66 Å². The van der Waals surface area contributed by atoms with Gasteiger partial charge in [-0.15, -0.1) is 10.2 Å². The van der Waals surface area contributed by atoms with Crippen molar-refractivity contribution >= 4 is 0 Å². The van der Waals surface area contributed by atoms with Crippen LogP contribution in [0.1, 0.15) is 30.9 Å². The lowest BCUT2D eigenvalue weighted by molar-refractivity contribution is 0.353. The summed E-state index contributed by atoms with van der Waals surface area (Å²) < 4.78 is 0. The summed E-state index contributed by atoms with van der Waals surface area (Å²) in [7, 11) is 0. The van der Waals surface area contributed by atoms with E-state index in [1.54, 1.807) is 0 Å². The summed E-state index contributed by atoms with van der Waals surface area (Å²) in [6.07, 6.45) is 1.30. The summed E-state index contributed by atoms with van der Waals surface area (Å²) in [5, 5.41) is 24.2. The third-order valence-electron chi connectivity index (χ3n) is 4.13. The van der Waals surface area contributed by atoms with Gasteiger partial charge >= 0.3 is 0 Å². The fourth-order valence-electron chi connectivity index (χ4n) is 2.79. The van der Waals surface area contributed by atoms with Gasteiger partial charge in [-0.05, 0) is 27.1 Å². The lowest BCUT2D eigenvalue weighted by Gasteiger charge is -2.23. The topological polar surface area (TPSA) is 99.2 Å². The van der Waals surface area contributed by atoms with Crippen LogP contribution in [0.4, 0.5) is 0 Å². The van der Waals surface area contributed by atoms with Crippen molar-refractivity contribution < 1.29 is 0 Å². The molecule has 120 valence electrons. The summed E-state index contributed by atoms with van der Waals surface area (Å²) >= 11 is 0. The molecule has 0 radical (unpaired) electrons. The highest BCUT2D eigenvalue weighted by molar-refractivity contribution is 5.63. The molecule has 24 heavy (non-hydrogen) atoms. The van der Waals surface area contributed by atoms with E-state index in [1.807, 2.05) is 30.3 Å². The maximum atomic E-state index is 8.81. The van der Waals surface area contributed by atoms with E-state index < -0.39 is 5.66 Å². The molecule has 1 aliphatic rings. The van der Waals surface area contributed by atoms with Crippen LogP contribution in [0, 0.1) is 11.3 Å². The molecule has 0 saturated heterocycles. The Balaban J connectivity index is 1.73. The molecule has 1 aliphatic heterocycles. The summed E-state index contributed by atoms with van der Waals surface area (Å²) in [5.41, 5.74) is 8.85. The van der Waals surface area contributed by atoms with Gasteiger partial charge < -0.3 is 5.73 Å². The molecule has 1 unspecified atom stereocenters. The molecule has 0 fully saturated rings. The Morgan fingerprint density at radius 3 is 2.21 bits per heavy atom. The summed E-state index contributed by atoms with van der Waals surface area (Å²) in [6, 6.07) is 20.2. The number of nitrogens with zero attached hydrogens (tertiary/aromatic N) is 5. The highest BCUT2D eigenvalue weighted by Crippen LogP contribution is 2.34. The van der Waals surface area contributed by atoms with Crippen molar-refractivity contribution in [2.75, 3.05) is 0 Å². The maximum Gasteiger partial charge on any atom is 0.198 e. The van der Waals surface area contributed by atoms with Crippen LogP contribution in [-0.2, 0) is 0 Å². The van der Waals surface area contributed by atoms with Crippen molar-refractivity contribution in [1.29, 1.82) is 5.26 Å². The van der Waals surface area contributed by atoms with Gasteiger partial charge in [0.1, 0.15) is 0 Å². The summed E-state index contributed by atoms with van der Waals surface area (Å²) in [6.45, 7) is 0. The number of nitriles is 1. The van der Waals surface area contributed by atoms with Gasteiger partial charge in [-0.2, -0.15) is 5.26 Å². The van der Waals surface area contributed by atoms with E-state index >= 15 is 0 Å². The minimum absolute atomic E-state index is 0.246. The first-order valence-electron chi connectivity index (χ1n) is 7.84. The van der Waals surface area contributed by atoms with Gasteiger partial charge in [0.05, 0.1) is 6.07 Å². The van der Waals surface area contributed by atoms with Crippen LogP contribution in [0.5, 0.6) is 0 Å². The molecule has 0 bridgehead atoms. The highest BCUT2D eigenvalue weighted by atomic mass is 15.6. The molecule has 3 rings (SSSR count). The first-order valence-corrected chi connectivity index (χ1v) is 7.84. The standard InChI is InChI=1S/C18H18N6/c19-12-4-11-18(21-23-24-22-18)13-17(20)16-9-7-15(8-10-16)14-5-2-1-3-6-14/h1-3,5-10,17H,4,11,13,20H2. The molecule has 0 aromatic heterocycles. The molecule has 1 atom stereocenters. The first kappa shape index (κ1) is 16.0. The van der Waals surface area contributed by atoms with E-state index in [2.05, 4.69) is 51.0 Å². The van der Waals surface area contributed by atoms with Crippen molar-refractivity contribution in [3.8, 4) is 17.2 Å². The Bertz CT molecular complexity index is 761. The second-order valence-corrected chi connectivity index (χ2v) is 5.82. The van der Waals surface area contributed by atoms with Crippen LogP contribution in [0.25, 0.3) is 11.1 Å². The van der Waals surface area contributed by atoms with Crippen LogP contribution in [0.3, 0.4) is 0 Å². The average Bonchev–Trinajstić information content (AvgIpc) is 3.09. The number of hydrogen-bond donors (Lipinski definition) is 1. The molecule has 0 spiro atoms. The number of rotatable bonds is 6. The van der Waals surface area contributed by atoms with Gasteiger partial charge in [-0.1, -0.05) is 54.6 Å². The van der Waals surface area contributed by atoms with Gasteiger partial charge in [-0.25, -0.2) is 0 Å². The number of hydrogen-bond acceptors (Lipinski definition) is 6. The normalized spacial score (nSPS) is 16.0. The highest BCUT2D eigenvalue weighted by Gasteiger charge is 2.35. The molecule has 1 heterocycles. The van der Waals surface area contributed by atoms with E-state index in [0.29, 0.717) is 19.3 Å². The van der Waals surface area contributed by atoms with Crippen molar-refractivity contribution in [3.05, 3.63) is 60.2 Å². The number of benzene rings is 2. The van der Waals surface area contributed by atoms with Crippen LogP contribution in [0.15, 0.2) is 75.3 Å². The molecule has 0 amide bonds. The molecular weight excluding hydrogens is 300 g/mol. The molecule has 2 aromatic rings. The summed E-state index contributed by atoms with van der Waals surface area (Å²) in [4.78, 5) is 0. The Labute approximate surface area is 140 Å². The first-order chi connectivity index (χ1) is 11.7. The van der Waals surface area contributed by atoms with E-state index in [9.17, 15) is 0 Å². The van der Waals surface area contributed by atoms with Crippen LogP contribution >= 0.6 is 0 Å². The zero-order valence-electron chi connectivity index (χ0n) is 13.2. The lowest BCUT2D eigenvalue weighted by atomic mass is 9.92. The van der Waals surface area contributed by atoms with Crippen molar-refractivity contribution in [1.82, 2.24) is 0 Å². The van der Waals surface area contributed by atoms with Gasteiger partial charge in [0, 0.05) is 25.3 Å². The molecule has 6 nitrogen and oxygen atoms in total. The molecule has 0 saturated carbocycles. The molecule has 0 aliphatic carbocycles. The van der Waals surface area contributed by atoms with E-state index in [-0.39, 0.29) is 6.04 Å². The fraction of sp³-hybridized carbons (Fsp3) is 0.278. The predicted molar refractivity (Wildman–Crippen MR) is 90.7 cm³/mol. The molecule has 6 heteroatoms. The Kier molecular flexibility index (Phi) is 4.73. The molecule has 2 aromatic carbocycles. The minimum atomic E-state index is -0.798. The molecule has 2 N–H and O–H groups in total. The van der Waals surface area contributed by atoms with E-state index in [1.165, 1.54) is 5.56 Å². The van der Waals surface area contributed by atoms with Crippen LogP contribution in [0.2, 0.25) is 0 Å². The van der Waals surface area contributed by atoms with Crippen molar-refractivity contribution in [2.45, 2.75) is 31.0 Å². The largest absolute Gasteiger partial charge is 0.324 e. The number of nitrogens with two attached hydrogens (primary N) is 1. The van der Waals surface area contributed by atoms with Gasteiger partial charge in [0.2, 0.25) is 0 Å². The third-order valence-corrected chi connectivity index (χ3v) is 4.13. The Morgan fingerprint density at radius 2 is 1.58 bits per heavy atom. The second kappa shape index (κ2) is 7.11. The average molecular weight is 318 g/mol. The van der Waals surface area contributed by atoms with Crippen molar-refractivity contribution in [2.24, 2.45) is 26.4 Å². The van der Waals surface area contributed by atoms with E-state index in [4.69, 9.17) is 11.0 Å². The monoisotopic (exact) mass is 318 g/mol. The van der Waals surface area contributed by atoms with E-state index in [0.717, 1.165) is 11.1 Å². The smallest absolute Gasteiger partial charge is 0.198 e. The van der Waals surface area contributed by atoms with Gasteiger partial charge in [0.15, 0.2) is 5.66 Å².